The van der Waals surface area contributed by atoms with Crippen molar-refractivity contribution in [2.75, 3.05) is 26.2 Å². The zero-order chi connectivity index (χ0) is 11.1. The molecule has 0 heterocycles. The summed E-state index contributed by atoms with van der Waals surface area (Å²) in [7, 11) is 0. The van der Waals surface area contributed by atoms with E-state index >= 15 is 0 Å². The van der Waals surface area contributed by atoms with Crippen LogP contribution in [0, 0.1) is 5.92 Å². The highest BCUT2D eigenvalue weighted by atomic mass is 15.1. The molecular formula is C13H28N2. The molecule has 2 nitrogen and oxygen atoms in total. The molecule has 2 heteroatoms. The van der Waals surface area contributed by atoms with Crippen molar-refractivity contribution in [1.29, 1.82) is 0 Å². The summed E-state index contributed by atoms with van der Waals surface area (Å²) < 4.78 is 0. The SMILES string of the molecule is CCN(CCCCNC(C)C)CC1CC1. The molecule has 0 aromatic carbocycles. The second-order valence-electron chi connectivity index (χ2n) is 5.15. The Morgan fingerprint density at radius 3 is 2.53 bits per heavy atom. The molecule has 15 heavy (non-hydrogen) atoms. The average Bonchev–Trinajstić information content (AvgIpc) is 2.99. The van der Waals surface area contributed by atoms with E-state index in [1.807, 2.05) is 0 Å². The van der Waals surface area contributed by atoms with Crippen LogP contribution in [0.4, 0.5) is 0 Å². The smallest absolute Gasteiger partial charge is 0.00103 e. The van der Waals surface area contributed by atoms with Gasteiger partial charge < -0.3 is 10.2 Å². The summed E-state index contributed by atoms with van der Waals surface area (Å²) in [5.74, 6) is 1.04. The molecule has 1 fully saturated rings. The van der Waals surface area contributed by atoms with Crippen LogP contribution in [-0.4, -0.2) is 37.1 Å². The number of rotatable bonds is 9. The van der Waals surface area contributed by atoms with Crippen molar-refractivity contribution >= 4 is 0 Å². The second-order valence-corrected chi connectivity index (χ2v) is 5.15. The molecule has 90 valence electrons. The molecule has 0 bridgehead atoms. The van der Waals surface area contributed by atoms with Crippen LogP contribution in [0.2, 0.25) is 0 Å². The van der Waals surface area contributed by atoms with Crippen LogP contribution in [0.5, 0.6) is 0 Å². The van der Waals surface area contributed by atoms with Gasteiger partial charge in [-0.1, -0.05) is 20.8 Å². The van der Waals surface area contributed by atoms with Gasteiger partial charge in [0, 0.05) is 12.6 Å². The lowest BCUT2D eigenvalue weighted by atomic mass is 10.2. The maximum Gasteiger partial charge on any atom is 0.00103 e. The topological polar surface area (TPSA) is 15.3 Å². The van der Waals surface area contributed by atoms with Gasteiger partial charge in [-0.2, -0.15) is 0 Å². The zero-order valence-corrected chi connectivity index (χ0v) is 10.8. The summed E-state index contributed by atoms with van der Waals surface area (Å²) >= 11 is 0. The van der Waals surface area contributed by atoms with E-state index in [-0.39, 0.29) is 0 Å². The minimum absolute atomic E-state index is 0.638. The van der Waals surface area contributed by atoms with E-state index in [2.05, 4.69) is 31.0 Å². The molecule has 0 aromatic rings. The molecule has 1 aliphatic rings. The Morgan fingerprint density at radius 1 is 1.27 bits per heavy atom. The molecule has 1 N–H and O–H groups in total. The lowest BCUT2D eigenvalue weighted by molar-refractivity contribution is 0.270. The van der Waals surface area contributed by atoms with Gasteiger partial charge in [0.1, 0.15) is 0 Å². The largest absolute Gasteiger partial charge is 0.315 e. The summed E-state index contributed by atoms with van der Waals surface area (Å²) in [6.07, 6.45) is 5.62. The maximum atomic E-state index is 3.47. The predicted molar refractivity (Wildman–Crippen MR) is 67.2 cm³/mol. The van der Waals surface area contributed by atoms with Gasteiger partial charge in [0.2, 0.25) is 0 Å². The van der Waals surface area contributed by atoms with Crippen LogP contribution in [0.15, 0.2) is 0 Å². The first-order chi connectivity index (χ1) is 7.22. The lowest BCUT2D eigenvalue weighted by Crippen LogP contribution is -2.28. The summed E-state index contributed by atoms with van der Waals surface area (Å²) in [6, 6.07) is 0.638. The van der Waals surface area contributed by atoms with Gasteiger partial charge in [0.25, 0.3) is 0 Å². The monoisotopic (exact) mass is 212 g/mol. The van der Waals surface area contributed by atoms with Gasteiger partial charge in [-0.15, -0.1) is 0 Å². The number of hydrogen-bond acceptors (Lipinski definition) is 2. The second kappa shape index (κ2) is 7.24. The van der Waals surface area contributed by atoms with E-state index in [0.29, 0.717) is 6.04 Å². The number of nitrogens with one attached hydrogen (secondary N) is 1. The number of unbranched alkanes of at least 4 members (excludes halogenated alkanes) is 1. The summed E-state index contributed by atoms with van der Waals surface area (Å²) in [6.45, 7) is 11.8. The molecule has 0 unspecified atom stereocenters. The zero-order valence-electron chi connectivity index (χ0n) is 10.8. The van der Waals surface area contributed by atoms with E-state index < -0.39 is 0 Å². The fourth-order valence-corrected chi connectivity index (χ4v) is 1.90. The Kier molecular flexibility index (Phi) is 6.26. The van der Waals surface area contributed by atoms with Gasteiger partial charge >= 0.3 is 0 Å². The van der Waals surface area contributed by atoms with E-state index in [1.165, 1.54) is 51.9 Å². The Labute approximate surface area is 95.4 Å². The Morgan fingerprint density at radius 2 is 2.00 bits per heavy atom. The Balaban J connectivity index is 1.91. The van der Waals surface area contributed by atoms with Crippen molar-refractivity contribution in [3.63, 3.8) is 0 Å². The van der Waals surface area contributed by atoms with Crippen molar-refractivity contribution in [3.8, 4) is 0 Å². The van der Waals surface area contributed by atoms with Crippen LogP contribution in [-0.2, 0) is 0 Å². The first-order valence-electron chi connectivity index (χ1n) is 6.68. The molecule has 0 aromatic heterocycles. The van der Waals surface area contributed by atoms with Crippen LogP contribution < -0.4 is 5.32 Å². The highest BCUT2D eigenvalue weighted by molar-refractivity contribution is 4.76. The minimum atomic E-state index is 0.638. The maximum absolute atomic E-state index is 3.47. The molecule has 1 aliphatic carbocycles. The molecule has 0 aliphatic heterocycles. The highest BCUT2D eigenvalue weighted by Crippen LogP contribution is 2.29. The van der Waals surface area contributed by atoms with Gasteiger partial charge in [0.05, 0.1) is 0 Å². The first-order valence-corrected chi connectivity index (χ1v) is 6.68. The summed E-state index contributed by atoms with van der Waals surface area (Å²) in [5.41, 5.74) is 0. The van der Waals surface area contributed by atoms with Gasteiger partial charge in [-0.25, -0.2) is 0 Å². The van der Waals surface area contributed by atoms with E-state index in [4.69, 9.17) is 0 Å². The minimum Gasteiger partial charge on any atom is -0.315 e. The standard InChI is InChI=1S/C13H28N2/c1-4-15(11-13-7-8-13)10-6-5-9-14-12(2)3/h12-14H,4-11H2,1-3H3. The number of nitrogens with zero attached hydrogens (tertiary/aromatic N) is 1. The molecule has 0 atom stereocenters. The Hall–Kier alpha value is -0.0800. The normalized spacial score (nSPS) is 16.6. The van der Waals surface area contributed by atoms with Crippen molar-refractivity contribution in [3.05, 3.63) is 0 Å². The molecule has 0 saturated heterocycles. The van der Waals surface area contributed by atoms with Crippen LogP contribution in [0.1, 0.15) is 46.5 Å². The van der Waals surface area contributed by atoms with Crippen LogP contribution in [0.3, 0.4) is 0 Å². The van der Waals surface area contributed by atoms with Gasteiger partial charge in [0.15, 0.2) is 0 Å². The molecule has 0 amide bonds. The van der Waals surface area contributed by atoms with E-state index in [1.54, 1.807) is 0 Å². The first kappa shape index (κ1) is 13.0. The van der Waals surface area contributed by atoms with Gasteiger partial charge in [-0.05, 0) is 51.2 Å². The van der Waals surface area contributed by atoms with Crippen molar-refractivity contribution in [2.24, 2.45) is 5.92 Å². The molecule has 1 rings (SSSR count). The lowest BCUT2D eigenvalue weighted by Gasteiger charge is -2.20. The molecule has 0 spiro atoms. The predicted octanol–water partition coefficient (Wildman–Crippen LogP) is 2.50. The molecule has 0 radical (unpaired) electrons. The highest BCUT2D eigenvalue weighted by Gasteiger charge is 2.23. The van der Waals surface area contributed by atoms with Crippen molar-refractivity contribution < 1.29 is 0 Å². The fraction of sp³-hybridized carbons (Fsp3) is 1.00. The summed E-state index contributed by atoms with van der Waals surface area (Å²) in [5, 5.41) is 3.47. The molecular weight excluding hydrogens is 184 g/mol. The van der Waals surface area contributed by atoms with Crippen LogP contribution >= 0.6 is 0 Å². The van der Waals surface area contributed by atoms with E-state index in [0.717, 1.165) is 5.92 Å². The third kappa shape index (κ3) is 6.91. The fourth-order valence-electron chi connectivity index (χ4n) is 1.90. The van der Waals surface area contributed by atoms with Gasteiger partial charge in [-0.3, -0.25) is 0 Å². The Bertz CT molecular complexity index is 153. The quantitative estimate of drug-likeness (QED) is 0.591. The third-order valence-electron chi connectivity index (χ3n) is 3.11. The van der Waals surface area contributed by atoms with Crippen molar-refractivity contribution in [2.45, 2.75) is 52.5 Å². The van der Waals surface area contributed by atoms with Crippen molar-refractivity contribution in [1.82, 2.24) is 10.2 Å². The third-order valence-corrected chi connectivity index (χ3v) is 3.11. The molecule has 1 saturated carbocycles. The average molecular weight is 212 g/mol. The summed E-state index contributed by atoms with van der Waals surface area (Å²) in [4.78, 5) is 2.62. The van der Waals surface area contributed by atoms with E-state index in [9.17, 15) is 0 Å². The number of hydrogen-bond donors (Lipinski definition) is 1. The van der Waals surface area contributed by atoms with Crippen LogP contribution in [0.25, 0.3) is 0 Å².